The van der Waals surface area contributed by atoms with E-state index < -0.39 is 0 Å². The Kier molecular flexibility index (Phi) is 3.65. The molecule has 2 nitrogen and oxygen atoms in total. The minimum atomic E-state index is 0.146. The largest absolute Gasteiger partial charge is 0.360 e. The fourth-order valence-electron chi connectivity index (χ4n) is 1.28. The predicted molar refractivity (Wildman–Crippen MR) is 61.5 cm³/mol. The Hall–Kier alpha value is -0.180. The first-order chi connectivity index (χ1) is 6.01. The molecule has 1 aliphatic rings. The molecule has 0 fully saturated rings. The number of nitrogens with zero attached hydrogens (tertiary/aromatic N) is 1. The third-order valence-electron chi connectivity index (χ3n) is 1.81. The summed E-state index contributed by atoms with van der Waals surface area (Å²) in [5.41, 5.74) is 0.146. The fraction of sp³-hybridized carbons (Fsp3) is 0.900. The van der Waals surface area contributed by atoms with Crippen molar-refractivity contribution in [1.29, 1.82) is 0 Å². The van der Waals surface area contributed by atoms with E-state index in [0.29, 0.717) is 0 Å². The fourth-order valence-corrected chi connectivity index (χ4v) is 2.61. The van der Waals surface area contributed by atoms with Crippen LogP contribution in [-0.4, -0.2) is 22.5 Å². The van der Waals surface area contributed by atoms with E-state index >= 15 is 0 Å². The van der Waals surface area contributed by atoms with Gasteiger partial charge in [-0.15, -0.1) is 0 Å². The first-order valence-electron chi connectivity index (χ1n) is 5.00. The zero-order chi connectivity index (χ0) is 9.90. The van der Waals surface area contributed by atoms with Crippen molar-refractivity contribution >= 4 is 16.9 Å². The Morgan fingerprint density at radius 2 is 2.23 bits per heavy atom. The summed E-state index contributed by atoms with van der Waals surface area (Å²) in [6.07, 6.45) is 2.54. The summed E-state index contributed by atoms with van der Waals surface area (Å²) >= 11 is 1.90. The smallest absolute Gasteiger partial charge is 0.157 e. The molecule has 1 atom stereocenters. The van der Waals surface area contributed by atoms with Crippen LogP contribution < -0.4 is 5.32 Å². The topological polar surface area (TPSA) is 24.4 Å². The maximum absolute atomic E-state index is 4.49. The molecule has 0 saturated heterocycles. The SMILES string of the molecule is CCCC1CN=C(NC(C)(C)C)S1. The standard InChI is InChI=1S/C10H20N2S/c1-5-6-8-7-11-9(13-8)12-10(2,3)4/h8H,5-7H2,1-4H3,(H,11,12). The van der Waals surface area contributed by atoms with Gasteiger partial charge in [-0.3, -0.25) is 4.99 Å². The summed E-state index contributed by atoms with van der Waals surface area (Å²) in [7, 11) is 0. The van der Waals surface area contributed by atoms with E-state index in [4.69, 9.17) is 0 Å². The van der Waals surface area contributed by atoms with Gasteiger partial charge in [0.25, 0.3) is 0 Å². The van der Waals surface area contributed by atoms with Crippen molar-refractivity contribution < 1.29 is 0 Å². The van der Waals surface area contributed by atoms with E-state index in [-0.39, 0.29) is 5.54 Å². The van der Waals surface area contributed by atoms with Gasteiger partial charge in [0.2, 0.25) is 0 Å². The Morgan fingerprint density at radius 1 is 1.54 bits per heavy atom. The molecule has 0 amide bonds. The van der Waals surface area contributed by atoms with Crippen LogP contribution in [0.3, 0.4) is 0 Å². The predicted octanol–water partition coefficient (Wildman–Crippen LogP) is 2.65. The highest BCUT2D eigenvalue weighted by Gasteiger charge is 2.21. The van der Waals surface area contributed by atoms with Gasteiger partial charge in [0.1, 0.15) is 0 Å². The molecule has 1 unspecified atom stereocenters. The van der Waals surface area contributed by atoms with E-state index in [9.17, 15) is 0 Å². The molecule has 0 saturated carbocycles. The highest BCUT2D eigenvalue weighted by Crippen LogP contribution is 2.24. The van der Waals surface area contributed by atoms with Crippen molar-refractivity contribution in [1.82, 2.24) is 5.32 Å². The molecular formula is C10H20N2S. The van der Waals surface area contributed by atoms with Gasteiger partial charge in [-0.05, 0) is 27.2 Å². The number of amidine groups is 1. The summed E-state index contributed by atoms with van der Waals surface area (Å²) in [6.45, 7) is 9.74. The maximum Gasteiger partial charge on any atom is 0.157 e. The molecule has 0 aliphatic carbocycles. The zero-order valence-electron chi connectivity index (χ0n) is 9.05. The summed E-state index contributed by atoms with van der Waals surface area (Å²) in [5.74, 6) is 0. The summed E-state index contributed by atoms with van der Waals surface area (Å²) in [6, 6.07) is 0. The minimum absolute atomic E-state index is 0.146. The second-order valence-electron chi connectivity index (χ2n) is 4.55. The van der Waals surface area contributed by atoms with Crippen LogP contribution in [0.2, 0.25) is 0 Å². The number of hydrogen-bond donors (Lipinski definition) is 1. The van der Waals surface area contributed by atoms with Crippen molar-refractivity contribution in [2.75, 3.05) is 6.54 Å². The van der Waals surface area contributed by atoms with Crippen LogP contribution in [0, 0.1) is 0 Å². The molecule has 1 N–H and O–H groups in total. The van der Waals surface area contributed by atoms with E-state index in [2.05, 4.69) is 38.0 Å². The summed E-state index contributed by atoms with van der Waals surface area (Å²) in [4.78, 5) is 4.49. The first-order valence-corrected chi connectivity index (χ1v) is 5.88. The van der Waals surface area contributed by atoms with Gasteiger partial charge in [-0.2, -0.15) is 0 Å². The number of aliphatic imine (C=N–C) groups is 1. The summed E-state index contributed by atoms with van der Waals surface area (Å²) in [5, 5.41) is 5.27. The molecule has 1 heterocycles. The quantitative estimate of drug-likeness (QED) is 0.741. The van der Waals surface area contributed by atoms with E-state index in [1.165, 1.54) is 12.8 Å². The van der Waals surface area contributed by atoms with Crippen molar-refractivity contribution in [2.45, 2.75) is 51.3 Å². The molecular weight excluding hydrogens is 180 g/mol. The second-order valence-corrected chi connectivity index (χ2v) is 5.84. The van der Waals surface area contributed by atoms with E-state index in [0.717, 1.165) is 17.0 Å². The molecule has 76 valence electrons. The van der Waals surface area contributed by atoms with Crippen LogP contribution in [0.15, 0.2) is 4.99 Å². The third-order valence-corrected chi connectivity index (χ3v) is 2.98. The second kappa shape index (κ2) is 4.36. The highest BCUT2D eigenvalue weighted by atomic mass is 32.2. The Morgan fingerprint density at radius 3 is 2.77 bits per heavy atom. The molecule has 1 rings (SSSR count). The van der Waals surface area contributed by atoms with Crippen LogP contribution in [0.4, 0.5) is 0 Å². The number of hydrogen-bond acceptors (Lipinski definition) is 3. The van der Waals surface area contributed by atoms with Gasteiger partial charge in [0, 0.05) is 10.8 Å². The normalized spacial score (nSPS) is 23.1. The number of nitrogens with one attached hydrogen (secondary N) is 1. The van der Waals surface area contributed by atoms with Crippen LogP contribution in [0.1, 0.15) is 40.5 Å². The molecule has 0 spiro atoms. The average molecular weight is 200 g/mol. The Labute approximate surface area is 85.6 Å². The van der Waals surface area contributed by atoms with Crippen LogP contribution in [0.25, 0.3) is 0 Å². The molecule has 0 radical (unpaired) electrons. The Balaban J connectivity index is 2.32. The first kappa shape index (κ1) is 10.9. The van der Waals surface area contributed by atoms with E-state index in [1.54, 1.807) is 0 Å². The van der Waals surface area contributed by atoms with Crippen molar-refractivity contribution in [3.63, 3.8) is 0 Å². The lowest BCUT2D eigenvalue weighted by molar-refractivity contribution is 0.515. The average Bonchev–Trinajstić information content (AvgIpc) is 2.33. The molecule has 0 bridgehead atoms. The van der Waals surface area contributed by atoms with Crippen LogP contribution in [0.5, 0.6) is 0 Å². The number of rotatable bonds is 2. The van der Waals surface area contributed by atoms with Gasteiger partial charge < -0.3 is 5.32 Å². The molecule has 3 heteroatoms. The highest BCUT2D eigenvalue weighted by molar-refractivity contribution is 8.14. The van der Waals surface area contributed by atoms with Crippen LogP contribution >= 0.6 is 11.8 Å². The van der Waals surface area contributed by atoms with Gasteiger partial charge in [0.15, 0.2) is 5.17 Å². The maximum atomic E-state index is 4.49. The molecule has 13 heavy (non-hydrogen) atoms. The van der Waals surface area contributed by atoms with Crippen LogP contribution in [-0.2, 0) is 0 Å². The summed E-state index contributed by atoms with van der Waals surface area (Å²) < 4.78 is 0. The molecule has 0 aromatic carbocycles. The van der Waals surface area contributed by atoms with Crippen molar-refractivity contribution in [3.8, 4) is 0 Å². The number of thioether (sulfide) groups is 1. The monoisotopic (exact) mass is 200 g/mol. The molecule has 0 aromatic heterocycles. The zero-order valence-corrected chi connectivity index (χ0v) is 9.87. The van der Waals surface area contributed by atoms with Crippen molar-refractivity contribution in [3.05, 3.63) is 0 Å². The molecule has 0 aromatic rings. The van der Waals surface area contributed by atoms with Gasteiger partial charge >= 0.3 is 0 Å². The van der Waals surface area contributed by atoms with Gasteiger partial charge in [-0.1, -0.05) is 25.1 Å². The Bertz CT molecular complexity index is 194. The lowest BCUT2D eigenvalue weighted by Crippen LogP contribution is -2.38. The van der Waals surface area contributed by atoms with Gasteiger partial charge in [0.05, 0.1) is 6.54 Å². The molecule has 1 aliphatic heterocycles. The van der Waals surface area contributed by atoms with Crippen molar-refractivity contribution in [2.24, 2.45) is 4.99 Å². The lowest BCUT2D eigenvalue weighted by Gasteiger charge is -2.21. The van der Waals surface area contributed by atoms with E-state index in [1.807, 2.05) is 11.8 Å². The lowest BCUT2D eigenvalue weighted by atomic mass is 10.1. The minimum Gasteiger partial charge on any atom is -0.360 e. The third kappa shape index (κ3) is 4.03. The van der Waals surface area contributed by atoms with Gasteiger partial charge in [-0.25, -0.2) is 0 Å².